The van der Waals surface area contributed by atoms with Gasteiger partial charge in [0.15, 0.2) is 0 Å². The van der Waals surface area contributed by atoms with E-state index in [0.29, 0.717) is 23.6 Å². The summed E-state index contributed by atoms with van der Waals surface area (Å²) in [5.74, 6) is 2.24. The van der Waals surface area contributed by atoms with Crippen LogP contribution in [0.4, 0.5) is 0 Å². The third-order valence-electron chi connectivity index (χ3n) is 7.32. The predicted molar refractivity (Wildman–Crippen MR) is 100 cm³/mol. The first-order chi connectivity index (χ1) is 11.9. The van der Waals surface area contributed by atoms with Crippen LogP contribution in [0.5, 0.6) is 5.75 Å². The summed E-state index contributed by atoms with van der Waals surface area (Å²) in [5, 5.41) is 9.49. The van der Waals surface area contributed by atoms with Crippen molar-refractivity contribution in [2.45, 2.75) is 82.5 Å². The van der Waals surface area contributed by atoms with E-state index in [0.717, 1.165) is 18.8 Å². The summed E-state index contributed by atoms with van der Waals surface area (Å²) in [6.45, 7) is 4.50. The van der Waals surface area contributed by atoms with Gasteiger partial charge >= 0.3 is 0 Å². The van der Waals surface area contributed by atoms with Crippen LogP contribution in [0.25, 0.3) is 0 Å². The Kier molecular flexibility index (Phi) is 4.36. The van der Waals surface area contributed by atoms with Crippen LogP contribution >= 0.6 is 0 Å². The highest BCUT2D eigenvalue weighted by molar-refractivity contribution is 5.26. The van der Waals surface area contributed by atoms with Crippen molar-refractivity contribution in [2.24, 2.45) is 23.5 Å². The van der Waals surface area contributed by atoms with Crippen LogP contribution in [0.3, 0.4) is 0 Å². The Morgan fingerprint density at radius 2 is 1.92 bits per heavy atom. The highest BCUT2D eigenvalue weighted by Crippen LogP contribution is 2.55. The van der Waals surface area contributed by atoms with E-state index in [2.05, 4.69) is 26.0 Å². The largest absolute Gasteiger partial charge is 0.508 e. The van der Waals surface area contributed by atoms with Crippen LogP contribution in [0.1, 0.15) is 64.4 Å². The molecule has 3 nitrogen and oxygen atoms in total. The molecule has 0 unspecified atom stereocenters. The molecule has 1 aromatic rings. The maximum atomic E-state index is 9.49. The SMILES string of the molecule is CC1(C)O[C@@]2([C@H]3CCC[C@@H](Cc4ccc(O)cc4)C3)CC[C@@H]1[C@H](N)C2. The van der Waals surface area contributed by atoms with Gasteiger partial charge in [0.25, 0.3) is 0 Å². The number of nitrogens with two attached hydrogens (primary N) is 1. The molecule has 2 aliphatic carbocycles. The Balaban J connectivity index is 1.48. The van der Waals surface area contributed by atoms with Crippen LogP contribution in [0.2, 0.25) is 0 Å². The molecule has 138 valence electrons. The Morgan fingerprint density at radius 1 is 1.16 bits per heavy atom. The van der Waals surface area contributed by atoms with E-state index in [1.165, 1.54) is 44.1 Å². The lowest BCUT2D eigenvalue weighted by atomic mass is 9.59. The summed E-state index contributed by atoms with van der Waals surface area (Å²) < 4.78 is 6.77. The summed E-state index contributed by atoms with van der Waals surface area (Å²) in [6, 6.07) is 8.05. The van der Waals surface area contributed by atoms with Crippen LogP contribution in [-0.2, 0) is 11.2 Å². The summed E-state index contributed by atoms with van der Waals surface area (Å²) in [5.41, 5.74) is 7.84. The second kappa shape index (κ2) is 6.28. The predicted octanol–water partition coefficient (Wildman–Crippen LogP) is 4.42. The minimum atomic E-state index is -0.0696. The maximum absolute atomic E-state index is 9.49. The number of ether oxygens (including phenoxy) is 1. The Morgan fingerprint density at radius 3 is 2.60 bits per heavy atom. The highest BCUT2D eigenvalue weighted by Gasteiger charge is 2.57. The molecule has 25 heavy (non-hydrogen) atoms. The molecule has 0 radical (unpaired) electrons. The van der Waals surface area contributed by atoms with Gasteiger partial charge in [-0.15, -0.1) is 0 Å². The van der Waals surface area contributed by atoms with Crippen molar-refractivity contribution < 1.29 is 9.84 Å². The fraction of sp³-hybridized carbons (Fsp3) is 0.727. The fourth-order valence-electron chi connectivity index (χ4n) is 6.19. The summed E-state index contributed by atoms with van der Waals surface area (Å²) in [7, 11) is 0. The van der Waals surface area contributed by atoms with Gasteiger partial charge in [-0.25, -0.2) is 0 Å². The summed E-state index contributed by atoms with van der Waals surface area (Å²) in [4.78, 5) is 0. The molecule has 5 rings (SSSR count). The molecule has 3 heteroatoms. The number of phenolic OH excluding ortho intramolecular Hbond substituents is 1. The quantitative estimate of drug-likeness (QED) is 0.854. The molecule has 2 saturated carbocycles. The molecule has 3 N–H and O–H groups in total. The van der Waals surface area contributed by atoms with E-state index >= 15 is 0 Å². The standard InChI is InChI=1S/C22H33NO2/c1-21(2)19-10-11-22(25-21,14-20(19)23)17-5-3-4-16(13-17)12-15-6-8-18(24)9-7-15/h6-9,16-17,19-20,24H,3-5,10-14,23H2,1-2H3/t16-,17-,19+,20+,22-/m0/s1. The van der Waals surface area contributed by atoms with E-state index in [1.807, 2.05) is 0 Å². The molecule has 5 atom stereocenters. The van der Waals surface area contributed by atoms with Crippen molar-refractivity contribution in [3.63, 3.8) is 0 Å². The van der Waals surface area contributed by atoms with Gasteiger partial charge in [-0.2, -0.15) is 0 Å². The van der Waals surface area contributed by atoms with Gasteiger partial charge in [0.05, 0.1) is 11.2 Å². The molecule has 4 aliphatic rings. The van der Waals surface area contributed by atoms with Gasteiger partial charge in [-0.3, -0.25) is 0 Å². The number of aromatic hydroxyl groups is 1. The van der Waals surface area contributed by atoms with Gasteiger partial charge in [0.2, 0.25) is 0 Å². The monoisotopic (exact) mass is 343 g/mol. The zero-order chi connectivity index (χ0) is 17.7. The van der Waals surface area contributed by atoms with E-state index in [1.54, 1.807) is 12.1 Å². The molecular weight excluding hydrogens is 310 g/mol. The smallest absolute Gasteiger partial charge is 0.115 e. The zero-order valence-corrected chi connectivity index (χ0v) is 15.7. The lowest BCUT2D eigenvalue weighted by Gasteiger charge is -2.61. The third-order valence-corrected chi connectivity index (χ3v) is 7.32. The van der Waals surface area contributed by atoms with Gasteiger partial charge in [-0.1, -0.05) is 25.0 Å². The topological polar surface area (TPSA) is 55.5 Å². The van der Waals surface area contributed by atoms with Crippen molar-refractivity contribution in [3.05, 3.63) is 29.8 Å². The first kappa shape index (κ1) is 17.4. The molecule has 1 aromatic carbocycles. The van der Waals surface area contributed by atoms with E-state index < -0.39 is 0 Å². The second-order valence-corrected chi connectivity index (χ2v) is 9.38. The first-order valence-electron chi connectivity index (χ1n) is 10.1. The number of phenols is 1. The van der Waals surface area contributed by atoms with E-state index in [9.17, 15) is 5.11 Å². The highest BCUT2D eigenvalue weighted by atomic mass is 16.5. The summed E-state index contributed by atoms with van der Waals surface area (Å²) in [6.07, 6.45) is 9.76. The fourth-order valence-corrected chi connectivity index (χ4v) is 6.19. The average Bonchev–Trinajstić information content (AvgIpc) is 2.56. The van der Waals surface area contributed by atoms with Gasteiger partial charge in [0.1, 0.15) is 5.75 Å². The summed E-state index contributed by atoms with van der Waals surface area (Å²) >= 11 is 0. The zero-order valence-electron chi connectivity index (χ0n) is 15.7. The number of benzene rings is 1. The molecule has 0 aromatic heterocycles. The Hall–Kier alpha value is -1.06. The number of rotatable bonds is 3. The van der Waals surface area contributed by atoms with Crippen molar-refractivity contribution >= 4 is 0 Å². The minimum Gasteiger partial charge on any atom is -0.508 e. The van der Waals surface area contributed by atoms with Gasteiger partial charge < -0.3 is 15.6 Å². The average molecular weight is 344 g/mol. The van der Waals surface area contributed by atoms with Crippen LogP contribution in [0, 0.1) is 17.8 Å². The van der Waals surface area contributed by atoms with Crippen molar-refractivity contribution in [1.82, 2.24) is 0 Å². The van der Waals surface area contributed by atoms with Crippen molar-refractivity contribution in [1.29, 1.82) is 0 Å². The number of hydrogen-bond acceptors (Lipinski definition) is 3. The molecule has 2 heterocycles. The molecule has 0 amide bonds. The molecule has 2 bridgehead atoms. The molecule has 2 aliphatic heterocycles. The molecule has 4 fully saturated rings. The van der Waals surface area contributed by atoms with Crippen molar-refractivity contribution in [3.8, 4) is 5.75 Å². The van der Waals surface area contributed by atoms with Crippen LogP contribution in [-0.4, -0.2) is 22.4 Å². The second-order valence-electron chi connectivity index (χ2n) is 9.38. The lowest BCUT2D eigenvalue weighted by Crippen LogP contribution is -2.66. The number of fused-ring (bicyclic) bond motifs is 3. The van der Waals surface area contributed by atoms with Gasteiger partial charge in [0, 0.05) is 12.0 Å². The third kappa shape index (κ3) is 3.21. The first-order valence-corrected chi connectivity index (χ1v) is 10.1. The Labute approximate surface area is 152 Å². The maximum Gasteiger partial charge on any atom is 0.115 e. The molecule has 0 spiro atoms. The van der Waals surface area contributed by atoms with E-state index in [-0.39, 0.29) is 11.2 Å². The normalized spacial score (nSPS) is 40.1. The minimum absolute atomic E-state index is 0.0191. The van der Waals surface area contributed by atoms with Crippen LogP contribution in [0.15, 0.2) is 24.3 Å². The van der Waals surface area contributed by atoms with Crippen molar-refractivity contribution in [2.75, 3.05) is 0 Å². The van der Waals surface area contributed by atoms with Gasteiger partial charge in [-0.05, 0) is 81.9 Å². The Bertz CT molecular complexity index is 611. The lowest BCUT2D eigenvalue weighted by molar-refractivity contribution is -0.268. The van der Waals surface area contributed by atoms with E-state index in [4.69, 9.17) is 10.5 Å². The molecule has 2 saturated heterocycles. The number of hydrogen-bond donors (Lipinski definition) is 2. The van der Waals surface area contributed by atoms with Crippen LogP contribution < -0.4 is 5.73 Å². The molecular formula is C22H33NO2.